The second-order valence-corrected chi connectivity index (χ2v) is 20.3. The molecule has 7 rings (SSSR count). The highest BCUT2D eigenvalue weighted by Crippen LogP contribution is 2.73. The summed E-state index contributed by atoms with van der Waals surface area (Å²) >= 11 is 0. The Morgan fingerprint density at radius 2 is 1.42 bits per heavy atom. The lowest BCUT2D eigenvalue weighted by atomic mass is 9.36. The van der Waals surface area contributed by atoms with Crippen LogP contribution in [0, 0.1) is 44.3 Å². The van der Waals surface area contributed by atoms with Crippen molar-refractivity contribution in [3.63, 3.8) is 0 Å². The van der Waals surface area contributed by atoms with E-state index >= 15 is 0 Å². The van der Waals surface area contributed by atoms with Gasteiger partial charge in [0.1, 0.15) is 48.8 Å². The van der Waals surface area contributed by atoms with Gasteiger partial charge in [-0.15, -0.1) is 0 Å². The SMILES string of the molecule is C[C@@H]1O[C@@H](O[C@H]2CC[C@@]3(C)[C@H](CC[C@]4(C)[C@H]3OC=C3[C@H]5CC(C)(C)CC[C@@]5(CO)[C@@H](O)C[C@]34C)[C@]2(C)CO)[C@H](O)[C@@H](O[C@H]2O[C@@H](CO)[C@H](O)[C@H](O)[C@H]2O)[C@H]1O. The predicted octanol–water partition coefficient (Wildman–Crippen LogP) is 1.10. The fourth-order valence-corrected chi connectivity index (χ4v) is 13.0. The molecule has 9 N–H and O–H groups in total. The van der Waals surface area contributed by atoms with Gasteiger partial charge in [-0.05, 0) is 81.1 Å². The Bertz CT molecular complexity index is 1440. The molecule has 0 amide bonds. The Labute approximate surface area is 324 Å². The van der Waals surface area contributed by atoms with Gasteiger partial charge in [0.05, 0.1) is 44.4 Å². The van der Waals surface area contributed by atoms with Gasteiger partial charge in [-0.25, -0.2) is 0 Å². The number of allylic oxidation sites excluding steroid dienone is 1. The molecule has 3 heterocycles. The molecule has 14 nitrogen and oxygen atoms in total. The first-order valence-corrected chi connectivity index (χ1v) is 20.6. The number of hydrogen-bond acceptors (Lipinski definition) is 14. The van der Waals surface area contributed by atoms with Crippen molar-refractivity contribution in [3.05, 3.63) is 11.8 Å². The molecule has 6 fully saturated rings. The topological polar surface area (TPSA) is 228 Å². The highest BCUT2D eigenvalue weighted by atomic mass is 16.7. The van der Waals surface area contributed by atoms with Crippen LogP contribution < -0.4 is 0 Å². The molecule has 2 saturated heterocycles. The van der Waals surface area contributed by atoms with Crippen LogP contribution in [-0.4, -0.2) is 146 Å². The van der Waals surface area contributed by atoms with Gasteiger partial charge in [0, 0.05) is 27.1 Å². The molecule has 0 unspecified atom stereocenters. The minimum atomic E-state index is -1.74. The van der Waals surface area contributed by atoms with E-state index in [-0.39, 0.29) is 47.4 Å². The van der Waals surface area contributed by atoms with Crippen LogP contribution in [0.4, 0.5) is 0 Å². The molecule has 3 aliphatic heterocycles. The molecule has 0 spiro atoms. The predicted molar refractivity (Wildman–Crippen MR) is 196 cm³/mol. The molecule has 0 aromatic carbocycles. The lowest BCUT2D eigenvalue weighted by Crippen LogP contribution is -2.70. The maximum atomic E-state index is 12.0. The molecule has 0 bridgehead atoms. The van der Waals surface area contributed by atoms with Crippen molar-refractivity contribution in [2.24, 2.45) is 44.3 Å². The molecule has 20 atom stereocenters. The summed E-state index contributed by atoms with van der Waals surface area (Å²) in [5.74, 6) is -0.0644. The van der Waals surface area contributed by atoms with Crippen LogP contribution in [0.2, 0.25) is 0 Å². The number of hydrogen-bond donors (Lipinski definition) is 9. The summed E-state index contributed by atoms with van der Waals surface area (Å²) in [4.78, 5) is 0. The molecular formula is C41H68O14. The van der Waals surface area contributed by atoms with E-state index in [1.807, 2.05) is 13.2 Å². The van der Waals surface area contributed by atoms with Gasteiger partial charge in [0.15, 0.2) is 12.6 Å². The van der Waals surface area contributed by atoms with Crippen LogP contribution in [0.15, 0.2) is 11.8 Å². The Morgan fingerprint density at radius 1 is 0.727 bits per heavy atom. The zero-order valence-electron chi connectivity index (χ0n) is 33.6. The number of rotatable bonds is 7. The average molecular weight is 785 g/mol. The fraction of sp³-hybridized carbons (Fsp3) is 0.951. The van der Waals surface area contributed by atoms with Gasteiger partial charge >= 0.3 is 0 Å². The highest BCUT2D eigenvalue weighted by molar-refractivity contribution is 5.34. The van der Waals surface area contributed by atoms with E-state index in [2.05, 4.69) is 34.6 Å². The van der Waals surface area contributed by atoms with Crippen molar-refractivity contribution < 1.29 is 69.6 Å². The van der Waals surface area contributed by atoms with Gasteiger partial charge in [-0.2, -0.15) is 0 Å². The summed E-state index contributed by atoms with van der Waals surface area (Å²) in [5, 5.41) is 97.5. The lowest BCUT2D eigenvalue weighted by molar-refractivity contribution is -0.368. The van der Waals surface area contributed by atoms with Gasteiger partial charge in [0.2, 0.25) is 0 Å². The third-order valence-electron chi connectivity index (χ3n) is 16.8. The summed E-state index contributed by atoms with van der Waals surface area (Å²) in [6, 6.07) is 0. The molecular weight excluding hydrogens is 716 g/mol. The molecule has 4 aliphatic carbocycles. The first-order chi connectivity index (χ1) is 25.7. The average Bonchev–Trinajstić information content (AvgIpc) is 3.13. The Morgan fingerprint density at radius 3 is 2.07 bits per heavy atom. The summed E-state index contributed by atoms with van der Waals surface area (Å²) < 4.78 is 31.0. The maximum absolute atomic E-state index is 12.0. The summed E-state index contributed by atoms with van der Waals surface area (Å²) in [7, 11) is 0. The van der Waals surface area contributed by atoms with E-state index in [0.717, 1.165) is 32.1 Å². The summed E-state index contributed by atoms with van der Waals surface area (Å²) in [6.45, 7) is 14.1. The van der Waals surface area contributed by atoms with E-state index in [4.69, 9.17) is 23.7 Å². The van der Waals surface area contributed by atoms with E-state index in [1.165, 1.54) is 5.57 Å². The molecule has 14 heteroatoms. The smallest absolute Gasteiger partial charge is 0.187 e. The zero-order valence-corrected chi connectivity index (χ0v) is 33.6. The lowest BCUT2D eigenvalue weighted by Gasteiger charge is -2.71. The zero-order chi connectivity index (χ0) is 40.3. The summed E-state index contributed by atoms with van der Waals surface area (Å²) in [5.41, 5.74) is -1.23. The molecule has 7 aliphatic rings. The standard InChI is InChI=1S/C41H68O14/c1-20-27(46)32(55-33-30(49)29(48)28(47)23(16-42)53-33)31(50)34(52-20)54-26-9-10-37(4)24(38(26,5)18-43)8-11-39(6)35(37)51-17-22-21-14-36(2,3)12-13-41(21,19-44)25(45)15-40(22,39)7/h17,20-21,23-35,42-50H,8-16,18-19H2,1-7H3/t20-,21+,23-,24-,25-,26-,27-,28-,29-,30+,31+,32-,33+,34-,35-,37-,38-,39+,40+,41-/m0/s1. The summed E-state index contributed by atoms with van der Waals surface area (Å²) in [6.07, 6.45) is -8.05. The van der Waals surface area contributed by atoms with Crippen LogP contribution in [0.25, 0.3) is 0 Å². The van der Waals surface area contributed by atoms with Crippen LogP contribution in [0.1, 0.15) is 99.8 Å². The third-order valence-corrected chi connectivity index (χ3v) is 16.8. The molecule has 0 aromatic heterocycles. The minimum Gasteiger partial charge on any atom is -0.497 e. The van der Waals surface area contributed by atoms with E-state index in [9.17, 15) is 46.0 Å². The quantitative estimate of drug-likeness (QED) is 0.165. The third kappa shape index (κ3) is 6.13. The number of fused-ring (bicyclic) bond motifs is 7. The second kappa shape index (κ2) is 14.3. The van der Waals surface area contributed by atoms with E-state index < -0.39 is 96.5 Å². The highest BCUT2D eigenvalue weighted by Gasteiger charge is 2.72. The van der Waals surface area contributed by atoms with Gasteiger partial charge in [-0.1, -0.05) is 41.5 Å². The Kier molecular flexibility index (Phi) is 11.0. The van der Waals surface area contributed by atoms with Gasteiger partial charge in [-0.3, -0.25) is 0 Å². The van der Waals surface area contributed by atoms with Crippen LogP contribution in [0.3, 0.4) is 0 Å². The Balaban J connectivity index is 1.13. The van der Waals surface area contributed by atoms with Crippen molar-refractivity contribution in [1.82, 2.24) is 0 Å². The molecule has 0 radical (unpaired) electrons. The van der Waals surface area contributed by atoms with Crippen LogP contribution in [0.5, 0.6) is 0 Å². The minimum absolute atomic E-state index is 0.00138. The molecule has 0 aromatic rings. The van der Waals surface area contributed by atoms with Gasteiger partial charge < -0.3 is 69.6 Å². The molecule has 55 heavy (non-hydrogen) atoms. The first-order valence-electron chi connectivity index (χ1n) is 20.6. The normalized spacial score (nSPS) is 56.2. The maximum Gasteiger partial charge on any atom is 0.187 e. The number of ether oxygens (including phenoxy) is 5. The van der Waals surface area contributed by atoms with Crippen molar-refractivity contribution in [2.45, 2.75) is 180 Å². The first kappa shape index (κ1) is 42.2. The van der Waals surface area contributed by atoms with Gasteiger partial charge in [0.25, 0.3) is 0 Å². The van der Waals surface area contributed by atoms with Crippen molar-refractivity contribution in [1.29, 1.82) is 0 Å². The van der Waals surface area contributed by atoms with E-state index in [0.29, 0.717) is 19.3 Å². The largest absolute Gasteiger partial charge is 0.497 e. The van der Waals surface area contributed by atoms with Crippen molar-refractivity contribution >= 4 is 0 Å². The van der Waals surface area contributed by atoms with Crippen LogP contribution >= 0.6 is 0 Å². The van der Waals surface area contributed by atoms with E-state index in [1.54, 1.807) is 6.92 Å². The monoisotopic (exact) mass is 784 g/mol. The van der Waals surface area contributed by atoms with Crippen molar-refractivity contribution in [3.8, 4) is 0 Å². The fourth-order valence-electron chi connectivity index (χ4n) is 13.0. The number of aliphatic hydroxyl groups excluding tert-OH is 9. The Hall–Kier alpha value is -0.980. The van der Waals surface area contributed by atoms with Crippen molar-refractivity contribution in [2.75, 3.05) is 19.8 Å². The number of aliphatic hydroxyl groups is 9. The second-order valence-electron chi connectivity index (χ2n) is 20.3. The molecule has 316 valence electrons. The van der Waals surface area contributed by atoms with Crippen LogP contribution in [-0.2, 0) is 23.7 Å². The molecule has 4 saturated carbocycles.